The number of rotatable bonds is 34. The first kappa shape index (κ1) is 83.8. The molecule has 1 N–H and O–H groups in total. The molecule has 0 radical (unpaired) electrons. The quantitative estimate of drug-likeness (QED) is 0.0637. The molecule has 0 saturated heterocycles. The Bertz CT molecular complexity index is 676. The predicted octanol–water partition coefficient (Wildman–Crippen LogP) is 25.5. The van der Waals surface area contributed by atoms with Crippen LogP contribution in [0.1, 0.15) is 378 Å². The molecule has 0 saturated carbocycles. The van der Waals surface area contributed by atoms with Crippen LogP contribution in [0.4, 0.5) is 0 Å². The molecule has 1 nitrogen and oxygen atoms in total. The van der Waals surface area contributed by atoms with Crippen LogP contribution in [0.25, 0.3) is 0 Å². The van der Waals surface area contributed by atoms with Crippen molar-refractivity contribution >= 4 is 0 Å². The fraction of sp³-hybridized carbons (Fsp3) is 1.00. The molecule has 0 aromatic carbocycles. The van der Waals surface area contributed by atoms with Gasteiger partial charge < -0.3 is 5.11 Å². The molecule has 0 bridgehead atoms. The smallest absolute Gasteiger partial charge is 0.0537 e. The van der Waals surface area contributed by atoms with Crippen molar-refractivity contribution in [1.29, 1.82) is 0 Å². The van der Waals surface area contributed by atoms with Gasteiger partial charge in [0.05, 0.1) is 6.10 Å². The van der Waals surface area contributed by atoms with Crippen molar-refractivity contribution in [2.75, 3.05) is 0 Å². The summed E-state index contributed by atoms with van der Waals surface area (Å²) in [5.41, 5.74) is 0. The van der Waals surface area contributed by atoms with E-state index in [4.69, 9.17) is 5.11 Å². The van der Waals surface area contributed by atoms with Crippen LogP contribution >= 0.6 is 0 Å². The lowest BCUT2D eigenvalue weighted by molar-refractivity contribution is 0.157. The van der Waals surface area contributed by atoms with E-state index < -0.39 is 0 Å². The molecule has 0 aliphatic heterocycles. The van der Waals surface area contributed by atoms with Crippen LogP contribution in [0.3, 0.4) is 0 Å². The summed E-state index contributed by atoms with van der Waals surface area (Å²) in [5.74, 6) is 7.55. The van der Waals surface area contributed by atoms with Crippen molar-refractivity contribution in [3.05, 3.63) is 0 Å². The van der Waals surface area contributed by atoms with Crippen LogP contribution < -0.4 is 0 Å². The summed E-state index contributed by atoms with van der Waals surface area (Å²) in [7, 11) is 0. The molecule has 0 aromatic heterocycles. The van der Waals surface area contributed by atoms with E-state index >= 15 is 0 Å². The van der Waals surface area contributed by atoms with Crippen molar-refractivity contribution in [3.63, 3.8) is 0 Å². The summed E-state index contributed by atoms with van der Waals surface area (Å²) in [6.07, 6.45) is 44.6. The zero-order valence-corrected chi connectivity index (χ0v) is 53.0. The zero-order valence-electron chi connectivity index (χ0n) is 53.0. The Kier molecular flexibility index (Phi) is 96.8. The monoisotopic (exact) mass is 957 g/mol. The first-order valence-electron chi connectivity index (χ1n) is 31.5. The van der Waals surface area contributed by atoms with Gasteiger partial charge in [0.1, 0.15) is 0 Å². The zero-order chi connectivity index (χ0) is 53.5. The molecule has 0 aliphatic carbocycles. The molecule has 5 atom stereocenters. The highest BCUT2D eigenvalue weighted by molar-refractivity contribution is 4.56. The van der Waals surface area contributed by atoms with Crippen LogP contribution in [0.15, 0.2) is 0 Å². The molecule has 0 amide bonds. The third kappa shape index (κ3) is 104. The van der Waals surface area contributed by atoms with Gasteiger partial charge in [0.25, 0.3) is 0 Å². The molecule has 1 heteroatoms. The first-order valence-corrected chi connectivity index (χ1v) is 31.5. The van der Waals surface area contributed by atoms with Gasteiger partial charge in [0.2, 0.25) is 0 Å². The lowest BCUT2D eigenvalue weighted by atomic mass is 9.95. The van der Waals surface area contributed by atoms with E-state index in [9.17, 15) is 0 Å². The van der Waals surface area contributed by atoms with Gasteiger partial charge in [0.15, 0.2) is 0 Å². The van der Waals surface area contributed by atoms with Gasteiger partial charge in [0, 0.05) is 0 Å². The van der Waals surface area contributed by atoms with Crippen LogP contribution in [0.2, 0.25) is 0 Å². The topological polar surface area (TPSA) is 20.2 Å². The van der Waals surface area contributed by atoms with Crippen LogP contribution in [0, 0.1) is 47.3 Å². The van der Waals surface area contributed by atoms with Crippen LogP contribution in [-0.4, -0.2) is 11.2 Å². The number of aliphatic hydroxyl groups excluding tert-OH is 1. The largest absolute Gasteiger partial charge is 0.393 e. The van der Waals surface area contributed by atoms with Gasteiger partial charge in [-0.2, -0.15) is 0 Å². The number of hydrogen-bond donors (Lipinski definition) is 1. The fourth-order valence-corrected chi connectivity index (χ4v) is 6.99. The highest BCUT2D eigenvalue weighted by Crippen LogP contribution is 2.18. The second-order valence-electron chi connectivity index (χ2n) is 22.3. The summed E-state index contributed by atoms with van der Waals surface area (Å²) in [5, 5.41) is 8.99. The molecule has 0 aliphatic rings. The summed E-state index contributed by atoms with van der Waals surface area (Å²) in [4.78, 5) is 0. The van der Waals surface area contributed by atoms with Crippen molar-refractivity contribution in [3.8, 4) is 0 Å². The molecular weight excluding hydrogens is 809 g/mol. The first-order chi connectivity index (χ1) is 31.8. The highest BCUT2D eigenvalue weighted by Gasteiger charge is 2.03. The number of aliphatic hydroxyl groups is 1. The molecule has 0 rings (SSSR count). The number of unbranched alkanes of at least 4 members (excludes halogenated alkanes) is 8. The van der Waals surface area contributed by atoms with Crippen LogP contribution in [0.5, 0.6) is 0 Å². The minimum atomic E-state index is -0.0463. The molecule has 0 spiro atoms. The molecule has 0 unspecified atom stereocenters. The molecule has 418 valence electrons. The van der Waals surface area contributed by atoms with Gasteiger partial charge in [-0.25, -0.2) is 0 Å². The third-order valence-corrected chi connectivity index (χ3v) is 14.2. The van der Waals surface area contributed by atoms with Gasteiger partial charge >= 0.3 is 0 Å². The van der Waals surface area contributed by atoms with Gasteiger partial charge in [-0.1, -0.05) is 365 Å². The highest BCUT2D eigenvalue weighted by atomic mass is 16.3. The average Bonchev–Trinajstić information content (AvgIpc) is 3.33. The Morgan fingerprint density at radius 3 is 0.716 bits per heavy atom. The second-order valence-corrected chi connectivity index (χ2v) is 22.3. The Labute approximate surface area is 434 Å². The summed E-state index contributed by atoms with van der Waals surface area (Å²) in [6, 6.07) is 0. The minimum Gasteiger partial charge on any atom is -0.393 e. The second kappa shape index (κ2) is 77.4. The van der Waals surface area contributed by atoms with Crippen LogP contribution in [-0.2, 0) is 0 Å². The van der Waals surface area contributed by atoms with Crippen molar-refractivity contribution in [2.45, 2.75) is 384 Å². The van der Waals surface area contributed by atoms with E-state index in [0.29, 0.717) is 0 Å². The van der Waals surface area contributed by atoms with E-state index in [2.05, 4.69) is 159 Å². The minimum absolute atomic E-state index is 0.0463. The van der Waals surface area contributed by atoms with E-state index in [1.807, 2.05) is 6.92 Å². The fourth-order valence-electron chi connectivity index (χ4n) is 6.99. The summed E-state index contributed by atoms with van der Waals surface area (Å²) in [6.45, 7) is 54.3. The lowest BCUT2D eigenvalue weighted by Crippen LogP contribution is -2.02. The van der Waals surface area contributed by atoms with Crippen molar-refractivity contribution in [2.24, 2.45) is 47.3 Å². The molecule has 67 heavy (non-hydrogen) atoms. The van der Waals surface area contributed by atoms with E-state index in [1.54, 1.807) is 0 Å². The maximum Gasteiger partial charge on any atom is 0.0537 e. The van der Waals surface area contributed by atoms with Gasteiger partial charge in [-0.05, 0) is 60.2 Å². The maximum absolute atomic E-state index is 8.99. The van der Waals surface area contributed by atoms with E-state index in [1.165, 1.54) is 193 Å². The molecule has 0 heterocycles. The Hall–Kier alpha value is -0.0400. The molecule has 0 aromatic rings. The normalized spacial score (nSPS) is 12.7. The van der Waals surface area contributed by atoms with E-state index in [0.717, 1.165) is 66.6 Å². The van der Waals surface area contributed by atoms with E-state index in [-0.39, 0.29) is 6.10 Å². The summed E-state index contributed by atoms with van der Waals surface area (Å²) >= 11 is 0. The average molecular weight is 958 g/mol. The standard InChI is InChI=1S/C13H28.C12H26.2C8H18.C7H16O.3C6H14/c1-5-9-13(4)11-8-7-10-12(3)6-2;1-4-6-7-8-9-10-11-12(3)5-2;1-4-6-7-8(3)5-2;1-4-6-8(3)7-5-2;1-3-5-6-7(8)4-2;1-4-5-6(2)3;2*1-4-6(3)5-2/h12-13H,5-11H2,1-4H3;12H,4-11H2,1-3H3;2*8H,4-7H2,1-3H3;7-8H,3-6H2,1-2H3;3*6H,4-5H2,1-3H3/t12-,13-;12-;8-;;7-;;;/m000.0.../s1. The Morgan fingerprint density at radius 1 is 0.209 bits per heavy atom. The lowest BCUT2D eigenvalue weighted by Gasteiger charge is -2.11. The SMILES string of the molecule is CCC(C)CC.CCC(C)CC.CCCC(C)C.CCCC(C)CCC.CCCCCCCC[C@@H](C)CC.CCCC[C@@H](C)CC.CCCC[C@@H](O)CC.CCC[C@H](C)CCCC[C@@H](C)CC. The molecule has 0 fully saturated rings. The van der Waals surface area contributed by atoms with Gasteiger partial charge in [-0.3, -0.25) is 0 Å². The van der Waals surface area contributed by atoms with Crippen molar-refractivity contribution < 1.29 is 5.11 Å². The van der Waals surface area contributed by atoms with Gasteiger partial charge in [-0.15, -0.1) is 0 Å². The van der Waals surface area contributed by atoms with Crippen molar-refractivity contribution in [1.82, 2.24) is 0 Å². The predicted molar refractivity (Wildman–Crippen MR) is 322 cm³/mol. The summed E-state index contributed by atoms with van der Waals surface area (Å²) < 4.78 is 0. The number of hydrogen-bond acceptors (Lipinski definition) is 1. The molecular formula is C66H148O. The third-order valence-electron chi connectivity index (χ3n) is 14.2. The Morgan fingerprint density at radius 2 is 0.463 bits per heavy atom. The Balaban J connectivity index is -0.000000101. The maximum atomic E-state index is 8.99.